The van der Waals surface area contributed by atoms with E-state index in [1.54, 1.807) is 30.3 Å². The van der Waals surface area contributed by atoms with Crippen LogP contribution in [0.1, 0.15) is 42.2 Å². The number of rotatable bonds is 9. The molecule has 0 bridgehead atoms. The first-order valence-electron chi connectivity index (χ1n) is 15.0. The second kappa shape index (κ2) is 16.7. The molecule has 11 N–H and O–H groups in total. The van der Waals surface area contributed by atoms with Gasteiger partial charge >= 0.3 is 41.6 Å². The van der Waals surface area contributed by atoms with Gasteiger partial charge in [-0.1, -0.05) is 18.2 Å². The van der Waals surface area contributed by atoms with E-state index >= 15 is 0 Å². The number of nitrogens with zero attached hydrogens (tertiary/aromatic N) is 2. The summed E-state index contributed by atoms with van der Waals surface area (Å²) in [4.78, 5) is 49.0. The number of hydrogen-bond acceptors (Lipinski definition) is 12. The third-order valence-corrected chi connectivity index (χ3v) is 9.37. The van der Waals surface area contributed by atoms with Gasteiger partial charge in [-0.3, -0.25) is 29.5 Å². The van der Waals surface area contributed by atoms with Crippen LogP contribution in [-0.2, 0) is 20.2 Å². The number of urea groups is 1. The number of carboxylic acids is 1. The van der Waals surface area contributed by atoms with Crippen LogP contribution in [-0.4, -0.2) is 66.0 Å². The van der Waals surface area contributed by atoms with Crippen LogP contribution in [0.2, 0.25) is 0 Å². The average Bonchev–Trinajstić information content (AvgIpc) is 3.10. The zero-order valence-corrected chi connectivity index (χ0v) is 32.3. The number of hydrazone groups is 2. The van der Waals surface area contributed by atoms with Gasteiger partial charge in [0.1, 0.15) is 9.81 Å². The Kier molecular flexibility index (Phi) is 12.7. The number of Topliss-reactive ketones (excluding diaryl/α,β-unsaturated/α-hetero) is 2. The number of carbonyl (C=O) groups is 4. The second-order valence-corrected chi connectivity index (χ2v) is 14.0. The van der Waals surface area contributed by atoms with Crippen molar-refractivity contribution in [1.29, 1.82) is 0 Å². The number of para-hydroxylation sites is 1. The molecule has 276 valence electrons. The Hall–Kier alpha value is -5.84. The number of carboxylic acid groups (broad SMARTS) is 1. The maximum absolute atomic E-state index is 13.3. The molecule has 2 amide bonds. The number of fused-ring (bicyclic) bond motifs is 2. The normalized spacial score (nSPS) is 14.9. The van der Waals surface area contributed by atoms with E-state index in [0.29, 0.717) is 5.69 Å². The van der Waals surface area contributed by atoms with Crippen molar-refractivity contribution in [3.63, 3.8) is 0 Å². The topological polar surface area (TPSA) is 307 Å². The van der Waals surface area contributed by atoms with E-state index in [1.165, 1.54) is 60.7 Å². The fourth-order valence-corrected chi connectivity index (χ4v) is 6.49. The first-order chi connectivity index (χ1) is 25.1. The summed E-state index contributed by atoms with van der Waals surface area (Å²) in [6.07, 6.45) is 2.01. The van der Waals surface area contributed by atoms with E-state index in [9.17, 15) is 45.1 Å². The summed E-state index contributed by atoms with van der Waals surface area (Å²) in [6, 6.07) is 20.6. The fraction of sp³-hybridized carbons (Fsp3) is 0. The molecule has 4 aromatic carbocycles. The number of benzene rings is 4. The van der Waals surface area contributed by atoms with Crippen LogP contribution in [0.25, 0.3) is 12.2 Å². The molecular weight excluding hydrogens is 770 g/mol. The molecule has 55 heavy (non-hydrogen) atoms. The molecule has 0 aliphatic heterocycles. The van der Waals surface area contributed by atoms with Crippen molar-refractivity contribution in [2.45, 2.75) is 0 Å². The largest absolute Gasteiger partial charge is 1.00 e. The minimum Gasteiger partial charge on any atom is -0.478 e. The van der Waals surface area contributed by atoms with E-state index < -0.39 is 65.0 Å². The van der Waals surface area contributed by atoms with E-state index in [0.717, 1.165) is 12.2 Å². The predicted molar refractivity (Wildman–Crippen MR) is 201 cm³/mol. The standard InChI is InChI=1S/C34H24N6O11S2.H3N.Na/c41-31-25-12-10-23(14-19(25)16-27(52(46,47)48)29(31)39-37-21-4-2-1-3-5-21)35-34(45)36-24-11-13-26-20(15-24)17-28(53(49,50)51)30(32(26)42)40-38-22-8-6-18(7-9-22)33(43)44;;/h1-17,37-38H,(H,43,44)(H2,35,36,45)(H,46,47,48)(H,49,50,51);1H3;/q;;+1/p+1/b39-29-,40-30+;;. The number of allylic oxidation sites excluding steroid dienone is 2. The Balaban J connectivity index is 0.00000336. The summed E-state index contributed by atoms with van der Waals surface area (Å²) < 4.78 is 68.7. The molecule has 18 nitrogen and oxygen atoms in total. The third-order valence-electron chi connectivity index (χ3n) is 7.63. The van der Waals surface area contributed by atoms with Crippen molar-refractivity contribution >= 4 is 90.1 Å². The Morgan fingerprint density at radius 1 is 0.582 bits per heavy atom. The molecule has 4 aromatic rings. The summed E-state index contributed by atoms with van der Waals surface area (Å²) in [5, 5.41) is 21.9. The Bertz CT molecular complexity index is 2590. The number of nitrogens with one attached hydrogen (secondary N) is 4. The molecule has 6 rings (SSSR count). The van der Waals surface area contributed by atoms with E-state index in [1.807, 2.05) is 0 Å². The van der Waals surface area contributed by atoms with Gasteiger partial charge in [-0.15, -0.1) is 0 Å². The number of ketones is 2. The van der Waals surface area contributed by atoms with Crippen molar-refractivity contribution < 1.29 is 79.8 Å². The van der Waals surface area contributed by atoms with Crippen LogP contribution >= 0.6 is 0 Å². The Morgan fingerprint density at radius 3 is 1.38 bits per heavy atom. The molecule has 2 aliphatic rings. The molecule has 0 radical (unpaired) electrons. The SMILES string of the molecule is O=C(Nc1ccc2c(c1)C=C(S(=O)(=O)O)/C(=N\Nc1ccc(C(=O)O)cc1)C2=O)Nc1ccc2c(c1)C=C(S(=O)(=O)O)/C(=N/Nc1ccccc1)C2=O.[NH4+].[Na+]. The average molecular weight is 798 g/mol. The number of aromatic carboxylic acids is 1. The molecule has 21 heteroatoms. The fourth-order valence-electron chi connectivity index (χ4n) is 5.17. The third kappa shape index (κ3) is 9.46. The summed E-state index contributed by atoms with van der Waals surface area (Å²) in [7, 11) is -9.92. The quantitative estimate of drug-likeness (QED) is 0.0685. The van der Waals surface area contributed by atoms with Crippen molar-refractivity contribution in [1.82, 2.24) is 6.15 Å². The molecule has 0 saturated heterocycles. The second-order valence-electron chi connectivity index (χ2n) is 11.2. The van der Waals surface area contributed by atoms with Crippen LogP contribution in [0.5, 0.6) is 0 Å². The molecule has 0 spiro atoms. The van der Waals surface area contributed by atoms with Gasteiger partial charge in [0.25, 0.3) is 20.2 Å². The first-order valence-corrected chi connectivity index (χ1v) is 17.9. The van der Waals surface area contributed by atoms with Crippen molar-refractivity contribution in [3.05, 3.63) is 129 Å². The zero-order valence-electron chi connectivity index (χ0n) is 28.6. The van der Waals surface area contributed by atoms with E-state index in [-0.39, 0.29) is 80.6 Å². The summed E-state index contributed by atoms with van der Waals surface area (Å²) >= 11 is 0. The van der Waals surface area contributed by atoms with E-state index in [2.05, 4.69) is 31.7 Å². The molecule has 0 unspecified atom stereocenters. The van der Waals surface area contributed by atoms with Crippen LogP contribution in [0.15, 0.2) is 111 Å². The van der Waals surface area contributed by atoms with Crippen molar-refractivity contribution in [2.24, 2.45) is 10.2 Å². The van der Waals surface area contributed by atoms with Gasteiger partial charge in [0.05, 0.1) is 16.9 Å². The maximum atomic E-state index is 13.3. The van der Waals surface area contributed by atoms with Gasteiger partial charge in [-0.05, 0) is 96.1 Å². The number of anilines is 4. The van der Waals surface area contributed by atoms with Gasteiger partial charge in [0, 0.05) is 22.5 Å². The van der Waals surface area contributed by atoms with E-state index in [4.69, 9.17) is 5.11 Å². The van der Waals surface area contributed by atoms with Crippen molar-refractivity contribution in [3.8, 4) is 0 Å². The predicted octanol–water partition coefficient (Wildman–Crippen LogP) is 2.20. The molecular formula is C34H28N7NaO11S2+2. The summed E-state index contributed by atoms with van der Waals surface area (Å²) in [5.74, 6) is -2.87. The Morgan fingerprint density at radius 2 is 0.982 bits per heavy atom. The van der Waals surface area contributed by atoms with Crippen molar-refractivity contribution in [2.75, 3.05) is 21.5 Å². The van der Waals surface area contributed by atoms with Gasteiger partial charge in [-0.2, -0.15) is 27.0 Å². The molecule has 0 atom stereocenters. The molecule has 0 heterocycles. The molecule has 2 aliphatic carbocycles. The van der Waals surface area contributed by atoms with Gasteiger partial charge in [0.2, 0.25) is 11.6 Å². The summed E-state index contributed by atoms with van der Waals surface area (Å²) in [6.45, 7) is 0. The van der Waals surface area contributed by atoms with Gasteiger partial charge < -0.3 is 21.9 Å². The Labute approximate surface area is 334 Å². The van der Waals surface area contributed by atoms with Crippen LogP contribution in [0.3, 0.4) is 0 Å². The number of hydrogen-bond donors (Lipinski definition) is 8. The number of carbonyl (C=O) groups excluding carboxylic acids is 3. The first kappa shape index (κ1) is 41.9. The number of quaternary nitrogens is 1. The van der Waals surface area contributed by atoms with Gasteiger partial charge in [-0.25, -0.2) is 9.59 Å². The van der Waals surface area contributed by atoms with Crippen LogP contribution < -0.4 is 57.2 Å². The van der Waals surface area contributed by atoms with Crippen LogP contribution in [0, 0.1) is 0 Å². The smallest absolute Gasteiger partial charge is 0.478 e. The monoisotopic (exact) mass is 797 g/mol. The molecule has 0 aromatic heterocycles. The minimum atomic E-state index is -4.99. The van der Waals surface area contributed by atoms with Gasteiger partial charge in [0.15, 0.2) is 11.4 Å². The van der Waals surface area contributed by atoms with Crippen LogP contribution in [0.4, 0.5) is 27.5 Å². The zero-order chi connectivity index (χ0) is 38.1. The molecule has 0 fully saturated rings. The summed E-state index contributed by atoms with van der Waals surface area (Å²) in [5.41, 5.74) is 4.78. The molecule has 0 saturated carbocycles. The minimum absolute atomic E-state index is 0. The number of amides is 2. The maximum Gasteiger partial charge on any atom is 1.00 e.